The first kappa shape index (κ1) is 32.9. The van der Waals surface area contributed by atoms with E-state index in [1.807, 2.05) is 0 Å². The molecule has 1 unspecified atom stereocenters. The van der Waals surface area contributed by atoms with Crippen LogP contribution >= 0.6 is 7.52 Å². The average molecular weight is 671 g/mol. The second kappa shape index (κ2) is 13.5. The zero-order valence-electron chi connectivity index (χ0n) is 24.9. The monoisotopic (exact) mass is 670 g/mol. The summed E-state index contributed by atoms with van der Waals surface area (Å²) in [6, 6.07) is 16.1. The normalized spacial score (nSPS) is 13.8. The topological polar surface area (TPSA) is 169 Å². The summed E-state index contributed by atoms with van der Waals surface area (Å²) < 4.78 is 68.7. The number of halogens is 1. The summed E-state index contributed by atoms with van der Waals surface area (Å²) in [7, 11) is -8.42. The lowest BCUT2D eigenvalue weighted by molar-refractivity contribution is -0.120. The van der Waals surface area contributed by atoms with Crippen molar-refractivity contribution in [2.45, 2.75) is 32.9 Å². The minimum Gasteiger partial charge on any atom is -0.505 e. The second-order valence-corrected chi connectivity index (χ2v) is 14.1. The van der Waals surface area contributed by atoms with Crippen molar-refractivity contribution in [2.24, 2.45) is 0 Å². The Labute approximate surface area is 264 Å². The Hall–Kier alpha value is -4.49. The quantitative estimate of drug-likeness (QED) is 0.115. The van der Waals surface area contributed by atoms with Gasteiger partial charge in [-0.25, -0.2) is 9.48 Å². The molecule has 0 amide bonds. The van der Waals surface area contributed by atoms with Crippen LogP contribution in [0.5, 0.6) is 23.1 Å². The number of hydrogen-bond acceptors (Lipinski definition) is 9. The first-order chi connectivity index (χ1) is 21.9. The number of carbonyl (C=O) groups is 1. The molecular weight excluding hydrogens is 638 g/mol. The molecule has 2 atom stereocenters. The molecule has 2 heterocycles. The number of ketones is 1. The highest BCUT2D eigenvalue weighted by Crippen LogP contribution is 2.47. The maximum Gasteiger partial charge on any atom is 0.382 e. The molecule has 46 heavy (non-hydrogen) atoms. The lowest BCUT2D eigenvalue weighted by Crippen LogP contribution is -2.36. The van der Waals surface area contributed by atoms with Crippen LogP contribution in [0.3, 0.4) is 0 Å². The summed E-state index contributed by atoms with van der Waals surface area (Å²) in [5, 5.41) is 24.9. The third-order valence-corrected chi connectivity index (χ3v) is 10.2. The number of phenolic OH excluding ortho intramolecular Hbond substituents is 1. The van der Waals surface area contributed by atoms with Crippen LogP contribution < -0.4 is 18.5 Å². The summed E-state index contributed by atoms with van der Waals surface area (Å²) in [5.41, 5.74) is 0.608. The van der Waals surface area contributed by atoms with Crippen LogP contribution in [0, 0.1) is 5.82 Å². The van der Waals surface area contributed by atoms with E-state index >= 15 is 0 Å². The Morgan fingerprint density at radius 3 is 2.48 bits per heavy atom. The summed E-state index contributed by atoms with van der Waals surface area (Å²) in [5.74, 6) is -1.37. The highest BCUT2D eigenvalue weighted by molar-refractivity contribution is 7.85. The minimum absolute atomic E-state index is 0.0189. The van der Waals surface area contributed by atoms with Crippen LogP contribution in [0.4, 0.5) is 4.39 Å². The summed E-state index contributed by atoms with van der Waals surface area (Å²) in [4.78, 5) is 16.4. The van der Waals surface area contributed by atoms with E-state index < -0.39 is 36.2 Å². The fourth-order valence-corrected chi connectivity index (χ4v) is 7.74. The summed E-state index contributed by atoms with van der Waals surface area (Å²) in [6.45, 7) is 2.88. The van der Waals surface area contributed by atoms with Gasteiger partial charge in [0.15, 0.2) is 11.5 Å². The van der Waals surface area contributed by atoms with Crippen LogP contribution in [0.2, 0.25) is 0 Å². The zero-order valence-corrected chi connectivity index (χ0v) is 26.6. The van der Waals surface area contributed by atoms with Crippen LogP contribution in [0.1, 0.15) is 25.8 Å². The molecule has 0 radical (unpaired) electrons. The molecule has 4 N–H and O–H groups in total. The van der Waals surface area contributed by atoms with E-state index in [4.69, 9.17) is 8.71 Å². The maximum absolute atomic E-state index is 13.8. The SMILES string of the molecule is CCC(=O)[C@H](C)NP(=O)(CCNS(=O)(=O)Oc1c2cccnc2c(O)c2c(O)n(Cc3ccc(F)cc3)cc12)Oc1ccccc1. The van der Waals surface area contributed by atoms with E-state index in [9.17, 15) is 32.4 Å². The van der Waals surface area contributed by atoms with E-state index in [0.29, 0.717) is 5.56 Å². The molecule has 0 saturated carbocycles. The van der Waals surface area contributed by atoms with Gasteiger partial charge in [-0.1, -0.05) is 37.3 Å². The molecule has 2 aromatic heterocycles. The van der Waals surface area contributed by atoms with Crippen molar-refractivity contribution in [3.63, 3.8) is 0 Å². The van der Waals surface area contributed by atoms with Crippen molar-refractivity contribution in [3.8, 4) is 23.1 Å². The zero-order chi connectivity index (χ0) is 33.1. The van der Waals surface area contributed by atoms with Gasteiger partial charge in [-0.2, -0.15) is 13.1 Å². The van der Waals surface area contributed by atoms with Gasteiger partial charge in [0.2, 0.25) is 5.88 Å². The van der Waals surface area contributed by atoms with E-state index in [0.717, 1.165) is 0 Å². The highest BCUT2D eigenvalue weighted by Gasteiger charge is 2.31. The Morgan fingerprint density at radius 2 is 1.78 bits per heavy atom. The maximum atomic E-state index is 13.8. The molecule has 0 saturated heterocycles. The molecule has 5 aromatic rings. The molecule has 0 fully saturated rings. The largest absolute Gasteiger partial charge is 0.505 e. The van der Waals surface area contributed by atoms with Gasteiger partial charge in [0.05, 0.1) is 29.5 Å². The minimum atomic E-state index is -4.61. The van der Waals surface area contributed by atoms with Crippen molar-refractivity contribution in [1.29, 1.82) is 0 Å². The van der Waals surface area contributed by atoms with Gasteiger partial charge in [0.25, 0.3) is 0 Å². The Balaban J connectivity index is 1.43. The number of aromatic nitrogens is 2. The lowest BCUT2D eigenvalue weighted by Gasteiger charge is -2.23. The van der Waals surface area contributed by atoms with Gasteiger partial charge >= 0.3 is 17.8 Å². The number of carbonyl (C=O) groups excluding carboxylic acids is 1. The van der Waals surface area contributed by atoms with E-state index in [1.54, 1.807) is 44.2 Å². The highest BCUT2D eigenvalue weighted by atomic mass is 32.2. The molecule has 0 aliphatic carbocycles. The number of nitrogens with one attached hydrogen (secondary N) is 2. The number of fused-ring (bicyclic) bond motifs is 2. The Morgan fingerprint density at radius 1 is 1.07 bits per heavy atom. The predicted octanol–water partition coefficient (Wildman–Crippen LogP) is 5.23. The van der Waals surface area contributed by atoms with Crippen molar-refractivity contribution in [1.82, 2.24) is 19.4 Å². The Kier molecular flexibility index (Phi) is 9.63. The van der Waals surface area contributed by atoms with Crippen molar-refractivity contribution in [3.05, 3.63) is 90.5 Å². The molecule has 15 heteroatoms. The number of Topliss-reactive ketones (excluding diaryl/α,β-unsaturated/α-hetero) is 1. The van der Waals surface area contributed by atoms with Crippen LogP contribution in [-0.2, 0) is 26.2 Å². The number of benzene rings is 3. The van der Waals surface area contributed by atoms with Crippen LogP contribution in [0.25, 0.3) is 21.7 Å². The van der Waals surface area contributed by atoms with E-state index in [2.05, 4.69) is 14.8 Å². The van der Waals surface area contributed by atoms with Crippen molar-refractivity contribution in [2.75, 3.05) is 12.7 Å². The van der Waals surface area contributed by atoms with Crippen molar-refractivity contribution < 1.29 is 41.1 Å². The van der Waals surface area contributed by atoms with E-state index in [-0.39, 0.29) is 69.7 Å². The fourth-order valence-electron chi connectivity index (χ4n) is 4.91. The van der Waals surface area contributed by atoms with Crippen LogP contribution in [0.15, 0.2) is 79.1 Å². The fraction of sp³-hybridized carbons (Fsp3) is 0.226. The molecular formula is C31H32FN4O8PS. The first-order valence-electron chi connectivity index (χ1n) is 14.3. The predicted molar refractivity (Wildman–Crippen MR) is 171 cm³/mol. The molecule has 12 nitrogen and oxygen atoms in total. The number of phenols is 1. The smallest absolute Gasteiger partial charge is 0.382 e. The standard InChI is InChI=1S/C31H32FN4O8PS/c1-3-26(37)20(2)35-45(40,43-23-8-5-4-6-9-23)17-16-34-46(41,42)44-30-24-10-7-15-33-28(24)29(38)27-25(30)19-36(31(27)39)18-21-11-13-22(32)14-12-21/h4-15,19-20,34,38-39H,3,16-18H2,1-2H3,(H,35,40)/t20-,45?/m0/s1. The molecule has 0 aliphatic rings. The molecule has 0 aliphatic heterocycles. The van der Waals surface area contributed by atoms with E-state index in [1.165, 1.54) is 53.4 Å². The molecule has 3 aromatic carbocycles. The number of nitrogens with zero attached hydrogens (tertiary/aromatic N) is 2. The number of rotatable bonds is 14. The van der Waals surface area contributed by atoms with Gasteiger partial charge in [-0.15, -0.1) is 0 Å². The van der Waals surface area contributed by atoms with Gasteiger partial charge in [0.1, 0.15) is 22.9 Å². The van der Waals surface area contributed by atoms with Gasteiger partial charge < -0.3 is 23.5 Å². The van der Waals surface area contributed by atoms with Gasteiger partial charge in [-0.3, -0.25) is 14.3 Å². The molecule has 0 spiro atoms. The summed E-state index contributed by atoms with van der Waals surface area (Å²) in [6.07, 6.45) is 2.65. The number of hydrogen-bond donors (Lipinski definition) is 4. The second-order valence-electron chi connectivity index (χ2n) is 10.5. The van der Waals surface area contributed by atoms with Crippen molar-refractivity contribution >= 4 is 45.3 Å². The molecule has 242 valence electrons. The number of para-hydroxylation sites is 1. The lowest BCUT2D eigenvalue weighted by atomic mass is 10.1. The van der Waals surface area contributed by atoms with Crippen LogP contribution in [-0.4, -0.2) is 52.7 Å². The third-order valence-electron chi connectivity index (χ3n) is 7.17. The third kappa shape index (κ3) is 7.31. The van der Waals surface area contributed by atoms with Gasteiger partial charge in [-0.05, 0) is 48.9 Å². The Bertz CT molecular complexity index is 2040. The number of pyridine rings is 1. The molecule has 5 rings (SSSR count). The first-order valence-corrected chi connectivity index (χ1v) is 17.5. The average Bonchev–Trinajstić information content (AvgIpc) is 3.35. The number of aromatic hydroxyl groups is 2. The molecule has 0 bridgehead atoms. The van der Waals surface area contributed by atoms with Gasteiger partial charge in [0, 0.05) is 30.7 Å². The summed E-state index contributed by atoms with van der Waals surface area (Å²) >= 11 is 0.